The molecule has 22 heavy (non-hydrogen) atoms. The highest BCUT2D eigenvalue weighted by atomic mass is 16.2. The summed E-state index contributed by atoms with van der Waals surface area (Å²) in [5, 5.41) is 14.1. The van der Waals surface area contributed by atoms with E-state index in [-0.39, 0.29) is 43.3 Å². The van der Waals surface area contributed by atoms with Crippen molar-refractivity contribution in [2.45, 2.75) is 63.5 Å². The van der Waals surface area contributed by atoms with Crippen LogP contribution < -0.4 is 10.6 Å². The van der Waals surface area contributed by atoms with E-state index in [1.165, 1.54) is 4.90 Å². The first-order chi connectivity index (χ1) is 10.5. The van der Waals surface area contributed by atoms with Crippen LogP contribution in [-0.2, 0) is 9.59 Å². The largest absolute Gasteiger partial charge is 0.353 e. The molecule has 2 fully saturated rings. The molecule has 2 rings (SSSR count). The fraction of sp³-hybridized carbons (Fsp3) is 0.733. The number of nitriles is 1. The molecule has 4 amide bonds. The lowest BCUT2D eigenvalue weighted by Gasteiger charge is -2.20. The molecule has 0 radical (unpaired) electrons. The fourth-order valence-electron chi connectivity index (χ4n) is 3.13. The quantitative estimate of drug-likeness (QED) is 0.716. The smallest absolute Gasteiger partial charge is 0.325 e. The van der Waals surface area contributed by atoms with Gasteiger partial charge in [-0.3, -0.25) is 14.5 Å². The van der Waals surface area contributed by atoms with Crippen molar-refractivity contribution in [1.82, 2.24) is 15.5 Å². The van der Waals surface area contributed by atoms with Crippen molar-refractivity contribution in [3.63, 3.8) is 0 Å². The zero-order valence-electron chi connectivity index (χ0n) is 12.9. The predicted octanol–water partition coefficient (Wildman–Crippen LogP) is 1.05. The highest BCUT2D eigenvalue weighted by Crippen LogP contribution is 2.35. The Bertz CT molecular complexity index is 505. The predicted molar refractivity (Wildman–Crippen MR) is 78.5 cm³/mol. The van der Waals surface area contributed by atoms with Gasteiger partial charge in [-0.15, -0.1) is 0 Å². The molecule has 1 spiro atoms. The summed E-state index contributed by atoms with van der Waals surface area (Å²) in [6, 6.07) is 1.47. The number of nitrogens with zero attached hydrogens (tertiary/aromatic N) is 2. The Kier molecular flexibility index (Phi) is 5.01. The summed E-state index contributed by atoms with van der Waals surface area (Å²) in [6.45, 7) is 2.02. The average Bonchev–Trinajstić information content (AvgIpc) is 3.00. The first-order valence-electron chi connectivity index (χ1n) is 7.79. The van der Waals surface area contributed by atoms with Gasteiger partial charge in [0.15, 0.2) is 0 Å². The van der Waals surface area contributed by atoms with Crippen LogP contribution >= 0.6 is 0 Å². The second-order valence-corrected chi connectivity index (χ2v) is 6.11. The van der Waals surface area contributed by atoms with E-state index in [0.29, 0.717) is 19.3 Å². The topological polar surface area (TPSA) is 102 Å². The number of nitrogens with one attached hydrogen (secondary N) is 2. The first kappa shape index (κ1) is 16.3. The minimum atomic E-state index is -0.680. The van der Waals surface area contributed by atoms with Crippen molar-refractivity contribution in [3.8, 4) is 6.07 Å². The van der Waals surface area contributed by atoms with Crippen LogP contribution in [0.4, 0.5) is 4.79 Å². The summed E-state index contributed by atoms with van der Waals surface area (Å²) >= 11 is 0. The van der Waals surface area contributed by atoms with Gasteiger partial charge >= 0.3 is 6.03 Å². The van der Waals surface area contributed by atoms with Gasteiger partial charge in [-0.2, -0.15) is 5.26 Å². The molecule has 0 aromatic rings. The maximum Gasteiger partial charge on any atom is 0.325 e. The second kappa shape index (κ2) is 6.77. The van der Waals surface area contributed by atoms with E-state index in [1.54, 1.807) is 6.92 Å². The Morgan fingerprint density at radius 2 is 2.14 bits per heavy atom. The molecule has 0 bridgehead atoms. The highest BCUT2D eigenvalue weighted by Gasteiger charge is 2.51. The van der Waals surface area contributed by atoms with Gasteiger partial charge in [0.1, 0.15) is 5.54 Å². The lowest BCUT2D eigenvalue weighted by atomic mass is 9.98. The van der Waals surface area contributed by atoms with E-state index in [2.05, 4.69) is 10.6 Å². The molecule has 1 saturated heterocycles. The standard InChI is InChI=1S/C15H22N4O3/c1-11(6-9-16)17-12(20)5-4-10-19-13(21)15(18-14(19)22)7-2-3-8-15/h11H,2-8,10H2,1H3,(H,17,20)(H,18,22). The Hall–Kier alpha value is -2.10. The van der Waals surface area contributed by atoms with Crippen LogP contribution in [0.2, 0.25) is 0 Å². The SMILES string of the molecule is CC(CC#N)NC(=O)CCCN1C(=O)NC2(CCCC2)C1=O. The number of carbonyl (C=O) groups is 3. The minimum absolute atomic E-state index is 0.145. The molecule has 2 aliphatic rings. The third kappa shape index (κ3) is 3.38. The van der Waals surface area contributed by atoms with Gasteiger partial charge in [0, 0.05) is 19.0 Å². The van der Waals surface area contributed by atoms with Crippen molar-refractivity contribution in [2.24, 2.45) is 0 Å². The molecule has 1 atom stereocenters. The van der Waals surface area contributed by atoms with Crippen molar-refractivity contribution in [1.29, 1.82) is 5.26 Å². The van der Waals surface area contributed by atoms with Gasteiger partial charge < -0.3 is 10.6 Å². The molecular formula is C15H22N4O3. The maximum absolute atomic E-state index is 12.4. The first-order valence-corrected chi connectivity index (χ1v) is 7.79. The molecular weight excluding hydrogens is 284 g/mol. The van der Waals surface area contributed by atoms with Gasteiger partial charge in [-0.05, 0) is 26.2 Å². The van der Waals surface area contributed by atoms with Gasteiger partial charge in [0.25, 0.3) is 5.91 Å². The van der Waals surface area contributed by atoms with Gasteiger partial charge in [-0.1, -0.05) is 12.8 Å². The van der Waals surface area contributed by atoms with E-state index in [1.807, 2.05) is 6.07 Å². The summed E-state index contributed by atoms with van der Waals surface area (Å²) in [7, 11) is 0. The number of imide groups is 1. The summed E-state index contributed by atoms with van der Waals surface area (Å²) in [5.74, 6) is -0.307. The van der Waals surface area contributed by atoms with Crippen LogP contribution in [0.25, 0.3) is 0 Å². The van der Waals surface area contributed by atoms with Crippen molar-refractivity contribution in [2.75, 3.05) is 6.54 Å². The molecule has 120 valence electrons. The normalized spacial score (nSPS) is 20.8. The third-order valence-electron chi connectivity index (χ3n) is 4.29. The van der Waals surface area contributed by atoms with Crippen LogP contribution in [0.3, 0.4) is 0 Å². The van der Waals surface area contributed by atoms with E-state index >= 15 is 0 Å². The molecule has 1 aliphatic heterocycles. The molecule has 7 nitrogen and oxygen atoms in total. The molecule has 1 heterocycles. The lowest BCUT2D eigenvalue weighted by molar-refractivity contribution is -0.131. The lowest BCUT2D eigenvalue weighted by Crippen LogP contribution is -2.44. The number of hydrogen-bond donors (Lipinski definition) is 2. The fourth-order valence-corrected chi connectivity index (χ4v) is 3.13. The van der Waals surface area contributed by atoms with Crippen LogP contribution in [0.5, 0.6) is 0 Å². The van der Waals surface area contributed by atoms with Gasteiger partial charge in [-0.25, -0.2) is 4.79 Å². The van der Waals surface area contributed by atoms with Crippen LogP contribution in [0.15, 0.2) is 0 Å². The third-order valence-corrected chi connectivity index (χ3v) is 4.29. The Morgan fingerprint density at radius 1 is 1.45 bits per heavy atom. The summed E-state index contributed by atoms with van der Waals surface area (Å²) in [6.07, 6.45) is 4.26. The van der Waals surface area contributed by atoms with Gasteiger partial charge in [0.2, 0.25) is 5.91 Å². The monoisotopic (exact) mass is 306 g/mol. The highest BCUT2D eigenvalue weighted by molar-refractivity contribution is 6.07. The molecule has 1 saturated carbocycles. The van der Waals surface area contributed by atoms with Crippen molar-refractivity contribution >= 4 is 17.8 Å². The number of carbonyl (C=O) groups excluding carboxylic acids is 3. The van der Waals surface area contributed by atoms with Crippen LogP contribution in [0.1, 0.15) is 51.9 Å². The molecule has 0 aromatic carbocycles. The molecule has 2 N–H and O–H groups in total. The number of hydrogen-bond acceptors (Lipinski definition) is 4. The van der Waals surface area contributed by atoms with Gasteiger partial charge in [0.05, 0.1) is 12.5 Å². The molecule has 1 unspecified atom stereocenters. The van der Waals surface area contributed by atoms with Crippen LogP contribution in [0, 0.1) is 11.3 Å². The zero-order valence-corrected chi connectivity index (χ0v) is 12.9. The van der Waals surface area contributed by atoms with E-state index < -0.39 is 5.54 Å². The summed E-state index contributed by atoms with van der Waals surface area (Å²) in [5.41, 5.74) is -0.680. The average molecular weight is 306 g/mol. The van der Waals surface area contributed by atoms with Crippen molar-refractivity contribution < 1.29 is 14.4 Å². The zero-order chi connectivity index (χ0) is 16.2. The van der Waals surface area contributed by atoms with E-state index in [4.69, 9.17) is 5.26 Å². The Labute approximate surface area is 130 Å². The van der Waals surface area contributed by atoms with Crippen LogP contribution in [-0.4, -0.2) is 40.9 Å². The second-order valence-electron chi connectivity index (χ2n) is 6.11. The molecule has 0 aromatic heterocycles. The molecule has 7 heteroatoms. The number of urea groups is 1. The Balaban J connectivity index is 1.77. The Morgan fingerprint density at radius 3 is 2.77 bits per heavy atom. The summed E-state index contributed by atoms with van der Waals surface area (Å²) < 4.78 is 0. The van der Waals surface area contributed by atoms with E-state index in [0.717, 1.165) is 12.8 Å². The van der Waals surface area contributed by atoms with Crippen molar-refractivity contribution in [3.05, 3.63) is 0 Å². The molecule has 1 aliphatic carbocycles. The maximum atomic E-state index is 12.4. The summed E-state index contributed by atoms with van der Waals surface area (Å²) in [4.78, 5) is 37.3. The van der Waals surface area contributed by atoms with E-state index in [9.17, 15) is 14.4 Å². The number of amides is 4. The minimum Gasteiger partial charge on any atom is -0.353 e. The number of rotatable bonds is 6.